The van der Waals surface area contributed by atoms with Crippen molar-refractivity contribution in [2.45, 2.75) is 19.8 Å². The van der Waals surface area contributed by atoms with Crippen LogP contribution in [0.5, 0.6) is 11.5 Å². The predicted molar refractivity (Wildman–Crippen MR) is 109 cm³/mol. The number of carbonyl (C=O) groups excluding carboxylic acids is 1. The molecule has 1 amide bonds. The molecule has 3 aromatic rings. The molecule has 1 fully saturated rings. The van der Waals surface area contributed by atoms with Crippen LogP contribution >= 0.6 is 0 Å². The first-order valence-corrected chi connectivity index (χ1v) is 9.56. The highest BCUT2D eigenvalue weighted by Crippen LogP contribution is 2.30. The molecule has 0 aliphatic carbocycles. The molecule has 1 atom stereocenters. The third-order valence-electron chi connectivity index (χ3n) is 5.19. The predicted octanol–water partition coefficient (Wildman–Crippen LogP) is 2.31. The first-order chi connectivity index (χ1) is 14.1. The van der Waals surface area contributed by atoms with Crippen molar-refractivity contribution in [3.05, 3.63) is 36.2 Å². The maximum absolute atomic E-state index is 12.9. The Morgan fingerprint density at radius 1 is 1.17 bits per heavy atom. The maximum Gasteiger partial charge on any atom is 0.229 e. The zero-order valence-electron chi connectivity index (χ0n) is 16.8. The number of aromatic nitrogens is 4. The van der Waals surface area contributed by atoms with Crippen LogP contribution in [0.1, 0.15) is 18.7 Å². The maximum atomic E-state index is 12.9. The van der Waals surface area contributed by atoms with Gasteiger partial charge in [-0.2, -0.15) is 4.52 Å². The number of rotatable bonds is 5. The standard InChI is InChI=1S/C20H24N6O3/c1-13-22-23-18-8-9-19(24-26(13)18)25-10-4-5-14(12-25)20(27)21-16-7-6-15(28-2)11-17(16)29-3/h6-9,11,14H,4-5,10,12H2,1-3H3,(H,21,27)/t14-/m0/s1. The summed E-state index contributed by atoms with van der Waals surface area (Å²) in [6, 6.07) is 9.17. The number of benzene rings is 1. The molecule has 1 N–H and O–H groups in total. The minimum Gasteiger partial charge on any atom is -0.497 e. The van der Waals surface area contributed by atoms with Gasteiger partial charge in [-0.15, -0.1) is 15.3 Å². The number of nitrogens with one attached hydrogen (secondary N) is 1. The number of carbonyl (C=O) groups is 1. The van der Waals surface area contributed by atoms with E-state index >= 15 is 0 Å². The Bertz CT molecular complexity index is 1030. The summed E-state index contributed by atoms with van der Waals surface area (Å²) in [7, 11) is 3.16. The molecule has 0 unspecified atom stereocenters. The van der Waals surface area contributed by atoms with Crippen LogP contribution in [0.3, 0.4) is 0 Å². The molecule has 1 aliphatic heterocycles. The van der Waals surface area contributed by atoms with Crippen molar-refractivity contribution in [2.24, 2.45) is 5.92 Å². The van der Waals surface area contributed by atoms with E-state index in [9.17, 15) is 4.79 Å². The van der Waals surface area contributed by atoms with Gasteiger partial charge in [-0.1, -0.05) is 0 Å². The van der Waals surface area contributed by atoms with Gasteiger partial charge in [0.2, 0.25) is 5.91 Å². The van der Waals surface area contributed by atoms with Crippen LogP contribution < -0.4 is 19.7 Å². The van der Waals surface area contributed by atoms with E-state index in [1.54, 1.807) is 36.9 Å². The van der Waals surface area contributed by atoms with Crippen molar-refractivity contribution in [3.63, 3.8) is 0 Å². The lowest BCUT2D eigenvalue weighted by Crippen LogP contribution is -2.41. The van der Waals surface area contributed by atoms with Crippen LogP contribution in [0.2, 0.25) is 0 Å². The number of piperidine rings is 1. The second-order valence-electron chi connectivity index (χ2n) is 7.05. The molecule has 9 nitrogen and oxygen atoms in total. The summed E-state index contributed by atoms with van der Waals surface area (Å²) in [5.74, 6) is 2.63. The number of anilines is 2. The number of hydrogen-bond donors (Lipinski definition) is 1. The van der Waals surface area contributed by atoms with Gasteiger partial charge in [0.25, 0.3) is 0 Å². The van der Waals surface area contributed by atoms with Gasteiger partial charge >= 0.3 is 0 Å². The number of nitrogens with zero attached hydrogens (tertiary/aromatic N) is 5. The van der Waals surface area contributed by atoms with Gasteiger partial charge in [0, 0.05) is 19.2 Å². The number of hydrogen-bond acceptors (Lipinski definition) is 7. The van der Waals surface area contributed by atoms with Gasteiger partial charge in [0.15, 0.2) is 11.5 Å². The lowest BCUT2D eigenvalue weighted by molar-refractivity contribution is -0.120. The molecule has 0 saturated carbocycles. The fourth-order valence-corrected chi connectivity index (χ4v) is 3.59. The molecule has 0 spiro atoms. The van der Waals surface area contributed by atoms with E-state index < -0.39 is 0 Å². The van der Waals surface area contributed by atoms with E-state index in [1.807, 2.05) is 19.1 Å². The number of methoxy groups -OCH3 is 2. The lowest BCUT2D eigenvalue weighted by atomic mass is 9.97. The molecule has 29 heavy (non-hydrogen) atoms. The van der Waals surface area contributed by atoms with Crippen LogP contribution in [0.25, 0.3) is 5.65 Å². The van der Waals surface area contributed by atoms with Gasteiger partial charge in [-0.25, -0.2) is 0 Å². The van der Waals surface area contributed by atoms with Crippen molar-refractivity contribution in [1.82, 2.24) is 19.8 Å². The molecular formula is C20H24N6O3. The van der Waals surface area contributed by atoms with Gasteiger partial charge in [-0.3, -0.25) is 4.79 Å². The molecule has 1 aromatic carbocycles. The first-order valence-electron chi connectivity index (χ1n) is 9.56. The molecular weight excluding hydrogens is 372 g/mol. The Morgan fingerprint density at radius 2 is 2.03 bits per heavy atom. The molecule has 4 rings (SSSR count). The van der Waals surface area contributed by atoms with E-state index in [4.69, 9.17) is 9.47 Å². The summed E-state index contributed by atoms with van der Waals surface area (Å²) in [5, 5.41) is 15.7. The zero-order chi connectivity index (χ0) is 20.4. The second kappa shape index (κ2) is 7.94. The zero-order valence-corrected chi connectivity index (χ0v) is 16.8. The topological polar surface area (TPSA) is 93.9 Å². The van der Waals surface area contributed by atoms with E-state index in [-0.39, 0.29) is 11.8 Å². The Morgan fingerprint density at radius 3 is 2.83 bits per heavy atom. The van der Waals surface area contributed by atoms with E-state index in [0.29, 0.717) is 29.4 Å². The normalized spacial score (nSPS) is 16.7. The summed E-state index contributed by atoms with van der Waals surface area (Å²) in [4.78, 5) is 15.1. The smallest absolute Gasteiger partial charge is 0.229 e. The highest BCUT2D eigenvalue weighted by molar-refractivity contribution is 5.94. The minimum atomic E-state index is -0.143. The second-order valence-corrected chi connectivity index (χ2v) is 7.05. The van der Waals surface area contributed by atoms with Gasteiger partial charge < -0.3 is 19.7 Å². The lowest BCUT2D eigenvalue weighted by Gasteiger charge is -2.32. The fourth-order valence-electron chi connectivity index (χ4n) is 3.59. The quantitative estimate of drug-likeness (QED) is 0.707. The number of fused-ring (bicyclic) bond motifs is 1. The highest BCUT2D eigenvalue weighted by atomic mass is 16.5. The molecule has 1 aliphatic rings. The van der Waals surface area contributed by atoms with Crippen LogP contribution in [0, 0.1) is 12.8 Å². The van der Waals surface area contributed by atoms with Gasteiger partial charge in [0.05, 0.1) is 25.8 Å². The molecule has 1 saturated heterocycles. The Kier molecular flexibility index (Phi) is 5.20. The summed E-state index contributed by atoms with van der Waals surface area (Å²) < 4.78 is 12.3. The molecule has 152 valence electrons. The van der Waals surface area contributed by atoms with Crippen molar-refractivity contribution in [2.75, 3.05) is 37.5 Å². The van der Waals surface area contributed by atoms with Gasteiger partial charge in [-0.05, 0) is 44.0 Å². The summed E-state index contributed by atoms with van der Waals surface area (Å²) in [5.41, 5.74) is 1.35. The fraction of sp³-hybridized carbons (Fsp3) is 0.400. The molecule has 3 heterocycles. The summed E-state index contributed by atoms with van der Waals surface area (Å²) in [6.07, 6.45) is 1.74. The molecule has 0 radical (unpaired) electrons. The number of ether oxygens (including phenoxy) is 2. The van der Waals surface area contributed by atoms with Crippen molar-refractivity contribution in [3.8, 4) is 11.5 Å². The molecule has 2 aromatic heterocycles. The monoisotopic (exact) mass is 396 g/mol. The Hall–Kier alpha value is -3.36. The first kappa shape index (κ1) is 19.0. The Balaban J connectivity index is 1.49. The van der Waals surface area contributed by atoms with E-state index in [0.717, 1.165) is 31.0 Å². The van der Waals surface area contributed by atoms with Crippen LogP contribution in [-0.4, -0.2) is 53.0 Å². The molecule has 0 bridgehead atoms. The van der Waals surface area contributed by atoms with Crippen molar-refractivity contribution >= 4 is 23.1 Å². The number of aryl methyl sites for hydroxylation is 1. The largest absolute Gasteiger partial charge is 0.497 e. The minimum absolute atomic E-state index is 0.0280. The van der Waals surface area contributed by atoms with Crippen LogP contribution in [0.15, 0.2) is 30.3 Å². The van der Waals surface area contributed by atoms with Crippen LogP contribution in [0.4, 0.5) is 11.5 Å². The van der Waals surface area contributed by atoms with Crippen molar-refractivity contribution in [1.29, 1.82) is 0 Å². The average Bonchev–Trinajstić information content (AvgIpc) is 3.14. The Labute approximate surface area is 168 Å². The third-order valence-corrected chi connectivity index (χ3v) is 5.19. The number of amides is 1. The summed E-state index contributed by atoms with van der Waals surface area (Å²) in [6.45, 7) is 3.32. The van der Waals surface area contributed by atoms with Crippen LogP contribution in [-0.2, 0) is 4.79 Å². The summed E-state index contributed by atoms with van der Waals surface area (Å²) >= 11 is 0. The SMILES string of the molecule is COc1ccc(NC(=O)[C@H]2CCCN(c3ccc4nnc(C)n4n3)C2)c(OC)c1. The van der Waals surface area contributed by atoms with Crippen molar-refractivity contribution < 1.29 is 14.3 Å². The highest BCUT2D eigenvalue weighted by Gasteiger charge is 2.27. The molecule has 9 heteroatoms. The van der Waals surface area contributed by atoms with E-state index in [1.165, 1.54) is 0 Å². The van der Waals surface area contributed by atoms with E-state index in [2.05, 4.69) is 25.5 Å². The third kappa shape index (κ3) is 3.80. The van der Waals surface area contributed by atoms with Gasteiger partial charge in [0.1, 0.15) is 17.3 Å². The average molecular weight is 396 g/mol.